The van der Waals surface area contributed by atoms with E-state index >= 15 is 0 Å². The minimum atomic E-state index is -1.68. The predicted octanol–water partition coefficient (Wildman–Crippen LogP) is -3.49. The van der Waals surface area contributed by atoms with Crippen LogP contribution in [0.2, 0.25) is 0 Å². The van der Waals surface area contributed by atoms with Gasteiger partial charge in [0, 0.05) is 12.8 Å². The van der Waals surface area contributed by atoms with E-state index in [1.54, 1.807) is 27.7 Å². The van der Waals surface area contributed by atoms with Crippen molar-refractivity contribution in [3.05, 3.63) is 0 Å². The van der Waals surface area contributed by atoms with Gasteiger partial charge in [-0.05, 0) is 37.5 Å². The largest absolute Gasteiger partial charge is 0.481 e. The molecule has 0 unspecified atom stereocenters. The van der Waals surface area contributed by atoms with Crippen molar-refractivity contribution in [2.45, 2.75) is 109 Å². The number of hydrogen-bond donors (Lipinski definition) is 11. The Kier molecular flexibility index (Phi) is 19.7. The van der Waals surface area contributed by atoms with Gasteiger partial charge in [-0.1, -0.05) is 27.7 Å². The van der Waals surface area contributed by atoms with Gasteiger partial charge in [0.15, 0.2) is 0 Å². The fourth-order valence-electron chi connectivity index (χ4n) is 4.33. The molecule has 0 bridgehead atoms. The van der Waals surface area contributed by atoms with Crippen LogP contribution in [0, 0.1) is 11.8 Å². The fraction of sp³-hybridized carbons (Fsp3) is 0.690. The van der Waals surface area contributed by atoms with Gasteiger partial charge in [0.05, 0.1) is 19.1 Å². The van der Waals surface area contributed by atoms with Gasteiger partial charge in [0.2, 0.25) is 35.4 Å². The molecule has 6 amide bonds. The maximum Gasteiger partial charge on any atom is 0.328 e. The van der Waals surface area contributed by atoms with E-state index in [0.29, 0.717) is 0 Å². The number of rotatable bonds is 24. The molecule has 0 aromatic rings. The van der Waals surface area contributed by atoms with Crippen LogP contribution in [0.25, 0.3) is 0 Å². The summed E-state index contributed by atoms with van der Waals surface area (Å²) in [5.74, 6) is -10.5. The summed E-state index contributed by atoms with van der Waals surface area (Å²) >= 11 is 0. The molecule has 13 N–H and O–H groups in total. The number of amides is 6. The Morgan fingerprint density at radius 1 is 0.551 bits per heavy atom. The van der Waals surface area contributed by atoms with Crippen LogP contribution >= 0.6 is 0 Å². The maximum absolute atomic E-state index is 13.4. The van der Waals surface area contributed by atoms with Gasteiger partial charge < -0.3 is 58.5 Å². The Bertz CT molecular complexity index is 1210. The van der Waals surface area contributed by atoms with Crippen LogP contribution in [-0.4, -0.2) is 117 Å². The lowest BCUT2D eigenvalue weighted by atomic mass is 10.0. The number of aliphatic hydroxyl groups excluding tert-OH is 1. The molecular weight excluding hydrogens is 654 g/mol. The van der Waals surface area contributed by atoms with E-state index < -0.39 is 128 Å². The Morgan fingerprint density at radius 3 is 1.27 bits per heavy atom. The first-order valence-electron chi connectivity index (χ1n) is 15.5. The van der Waals surface area contributed by atoms with Crippen LogP contribution in [0.5, 0.6) is 0 Å². The van der Waals surface area contributed by atoms with Crippen LogP contribution in [0.1, 0.15) is 72.6 Å². The van der Waals surface area contributed by atoms with Crippen molar-refractivity contribution in [2.75, 3.05) is 6.61 Å². The third-order valence-corrected chi connectivity index (χ3v) is 6.80. The summed E-state index contributed by atoms with van der Waals surface area (Å²) in [6, 6.07) is -9.05. The molecule has 278 valence electrons. The minimum Gasteiger partial charge on any atom is -0.481 e. The highest BCUT2D eigenvalue weighted by molar-refractivity contribution is 5.97. The van der Waals surface area contributed by atoms with E-state index in [9.17, 15) is 58.5 Å². The van der Waals surface area contributed by atoms with Crippen molar-refractivity contribution in [1.29, 1.82) is 0 Å². The van der Waals surface area contributed by atoms with Gasteiger partial charge >= 0.3 is 17.9 Å². The number of aliphatic carboxylic acids is 3. The molecule has 20 nitrogen and oxygen atoms in total. The number of carboxylic acids is 3. The Labute approximate surface area is 282 Å². The Morgan fingerprint density at radius 2 is 0.918 bits per heavy atom. The van der Waals surface area contributed by atoms with E-state index in [2.05, 4.69) is 26.6 Å². The molecule has 0 radical (unpaired) electrons. The van der Waals surface area contributed by atoms with Gasteiger partial charge in [-0.15, -0.1) is 0 Å². The van der Waals surface area contributed by atoms with Crippen molar-refractivity contribution < 1.29 is 63.6 Å². The van der Waals surface area contributed by atoms with Gasteiger partial charge in [-0.2, -0.15) is 0 Å². The second kappa shape index (κ2) is 21.9. The summed E-state index contributed by atoms with van der Waals surface area (Å²) in [4.78, 5) is 111. The van der Waals surface area contributed by atoms with Crippen LogP contribution in [0.15, 0.2) is 0 Å². The number of hydrogen-bond acceptors (Lipinski definition) is 11. The molecule has 0 rings (SSSR count). The van der Waals surface area contributed by atoms with E-state index in [4.69, 9.17) is 16.6 Å². The highest BCUT2D eigenvalue weighted by Gasteiger charge is 2.33. The first-order chi connectivity index (χ1) is 22.7. The monoisotopic (exact) mass is 703 g/mol. The fourth-order valence-corrected chi connectivity index (χ4v) is 4.33. The molecule has 0 fully saturated rings. The van der Waals surface area contributed by atoms with Gasteiger partial charge in [-0.25, -0.2) is 4.79 Å². The molecule has 0 saturated carbocycles. The zero-order valence-electron chi connectivity index (χ0n) is 27.9. The third kappa shape index (κ3) is 18.3. The first kappa shape index (κ1) is 44.1. The quantitative estimate of drug-likeness (QED) is 0.0465. The van der Waals surface area contributed by atoms with Crippen LogP contribution in [0.4, 0.5) is 0 Å². The molecule has 49 heavy (non-hydrogen) atoms. The normalized spacial score (nSPS) is 14.7. The summed E-state index contributed by atoms with van der Waals surface area (Å²) in [7, 11) is 0. The summed E-state index contributed by atoms with van der Waals surface area (Å²) in [6.45, 7) is 5.87. The van der Waals surface area contributed by atoms with Crippen molar-refractivity contribution in [2.24, 2.45) is 23.3 Å². The average Bonchev–Trinajstić information content (AvgIpc) is 2.97. The molecule has 0 aliphatic heterocycles. The van der Waals surface area contributed by atoms with Crippen molar-refractivity contribution in [3.8, 4) is 0 Å². The zero-order valence-corrected chi connectivity index (χ0v) is 27.9. The standard InChI is InChI=1S/C29H49N7O13/c1-13(2)9-18(34-24(43)15(30)11-23(41)42)27(46)33-17(6-8-22(39)40)25(44)32-16(5-7-21(31)38)26(45)35-19(10-14(3)4)28(47)36-20(12-37)29(48)49/h13-20,37H,5-12,30H2,1-4H3,(H2,31,38)(H,32,44)(H,33,46)(H,34,43)(H,35,45)(H,36,47)(H,39,40)(H,41,42)(H,48,49)/t15-,16-,17-,18-,19-,20-/m0/s1. The Balaban J connectivity index is 6.25. The van der Waals surface area contributed by atoms with Gasteiger partial charge in [0.1, 0.15) is 30.2 Å². The molecule has 0 aromatic carbocycles. The molecule has 0 heterocycles. The highest BCUT2D eigenvalue weighted by Crippen LogP contribution is 2.10. The van der Waals surface area contributed by atoms with E-state index in [1.165, 1.54) is 0 Å². The molecule has 0 spiro atoms. The minimum absolute atomic E-state index is 0.00654. The highest BCUT2D eigenvalue weighted by atomic mass is 16.4. The molecule has 0 aliphatic rings. The summed E-state index contributed by atoms with van der Waals surface area (Å²) in [5, 5.41) is 48.1. The summed E-state index contributed by atoms with van der Waals surface area (Å²) in [6.07, 6.45) is -2.70. The number of nitrogens with one attached hydrogen (secondary N) is 5. The summed E-state index contributed by atoms with van der Waals surface area (Å²) in [5.41, 5.74) is 10.8. The third-order valence-electron chi connectivity index (χ3n) is 6.80. The molecular formula is C29H49N7O13. The van der Waals surface area contributed by atoms with E-state index in [1.807, 2.05) is 0 Å². The smallest absolute Gasteiger partial charge is 0.328 e. The number of carboxylic acid groups (broad SMARTS) is 3. The molecule has 20 heteroatoms. The van der Waals surface area contributed by atoms with Gasteiger partial charge in [0.25, 0.3) is 0 Å². The second-order valence-corrected chi connectivity index (χ2v) is 12.2. The second-order valence-electron chi connectivity index (χ2n) is 12.2. The lowest BCUT2D eigenvalue weighted by molar-refractivity contribution is -0.143. The van der Waals surface area contributed by atoms with Crippen LogP contribution in [0.3, 0.4) is 0 Å². The number of nitrogens with two attached hydrogens (primary N) is 2. The van der Waals surface area contributed by atoms with Crippen molar-refractivity contribution in [3.63, 3.8) is 0 Å². The molecule has 0 aliphatic carbocycles. The maximum atomic E-state index is 13.4. The summed E-state index contributed by atoms with van der Waals surface area (Å²) < 4.78 is 0. The lowest BCUT2D eigenvalue weighted by Gasteiger charge is -2.27. The van der Waals surface area contributed by atoms with E-state index in [-0.39, 0.29) is 24.7 Å². The van der Waals surface area contributed by atoms with Crippen LogP contribution < -0.4 is 38.1 Å². The lowest BCUT2D eigenvalue weighted by Crippen LogP contribution is -2.59. The predicted molar refractivity (Wildman–Crippen MR) is 169 cm³/mol. The zero-order chi connectivity index (χ0) is 38.0. The molecule has 6 atom stereocenters. The number of carbonyl (C=O) groups is 9. The SMILES string of the molecule is CC(C)C[C@H](NC(=O)[C@H](CCC(N)=O)NC(=O)[C@H](CCC(=O)O)NC(=O)[C@H](CC(C)C)NC(=O)[C@@H](N)CC(=O)O)C(=O)N[C@@H](CO)C(=O)O. The Hall–Kier alpha value is -4.85. The molecule has 0 aromatic heterocycles. The first-order valence-corrected chi connectivity index (χ1v) is 15.5. The number of carbonyl (C=O) groups excluding carboxylic acids is 6. The van der Waals surface area contributed by atoms with Crippen molar-refractivity contribution in [1.82, 2.24) is 26.6 Å². The molecule has 0 saturated heterocycles. The van der Waals surface area contributed by atoms with Crippen LogP contribution in [-0.2, 0) is 43.2 Å². The van der Waals surface area contributed by atoms with E-state index in [0.717, 1.165) is 0 Å². The number of primary amides is 1. The van der Waals surface area contributed by atoms with Gasteiger partial charge in [-0.3, -0.25) is 38.4 Å². The topological polar surface area (TPSA) is 347 Å². The van der Waals surface area contributed by atoms with Crippen molar-refractivity contribution >= 4 is 53.4 Å². The number of aliphatic hydroxyl groups is 1. The average molecular weight is 704 g/mol.